The zero-order valence-electron chi connectivity index (χ0n) is 3.22. The predicted molar refractivity (Wildman–Crippen MR) is 18.2 cm³/mol. The van der Waals surface area contributed by atoms with Gasteiger partial charge in [0.15, 0.2) is 0 Å². The second kappa shape index (κ2) is 0.954. The normalized spacial score (nSPS) is 41.3. The van der Waals surface area contributed by atoms with Crippen molar-refractivity contribution in [1.29, 1.82) is 5.26 Å². The molecule has 0 aromatic heterocycles. The molecule has 0 saturated heterocycles. The van der Waals surface area contributed by atoms with Crippen molar-refractivity contribution in [1.82, 2.24) is 0 Å². The molecule has 0 aromatic rings. The van der Waals surface area contributed by atoms with Crippen LogP contribution >= 0.6 is 0 Å². The van der Waals surface area contributed by atoms with Crippen molar-refractivity contribution < 1.29 is 5.11 Å². The third-order valence-electron chi connectivity index (χ3n) is 0.898. The fraction of sp³-hybridized carbons (Fsp3) is 0.750. The van der Waals surface area contributed by atoms with E-state index in [1.807, 2.05) is 6.07 Å². The van der Waals surface area contributed by atoms with Crippen LogP contribution in [0.25, 0.3) is 0 Å². The second-order valence-electron chi connectivity index (χ2n) is 1.51. The van der Waals surface area contributed by atoms with Gasteiger partial charge in [-0.05, 0) is 6.42 Å². The van der Waals surface area contributed by atoms with Crippen molar-refractivity contribution in [3.63, 3.8) is 0 Å². The van der Waals surface area contributed by atoms with Crippen LogP contribution in [0.5, 0.6) is 0 Å². The van der Waals surface area contributed by atoms with Crippen LogP contribution in [0.2, 0.25) is 0 Å². The Kier molecular flexibility index (Phi) is 0.578. The number of nitriles is 1. The minimum absolute atomic E-state index is 0.148. The average Bonchev–Trinajstić information content (AvgIpc) is 2.19. The molecule has 1 rings (SSSR count). The third-order valence-corrected chi connectivity index (χ3v) is 0.898. The van der Waals surface area contributed by atoms with E-state index in [4.69, 9.17) is 5.26 Å². The Hall–Kier alpha value is -0.550. The predicted octanol–water partition coefficient (Wildman–Crippen LogP) is 0.329. The quantitative estimate of drug-likeness (QED) is 0.415. The van der Waals surface area contributed by atoms with Crippen molar-refractivity contribution in [3.8, 4) is 6.07 Å². The van der Waals surface area contributed by atoms with E-state index in [1.165, 1.54) is 0 Å². The van der Waals surface area contributed by atoms with Crippen molar-refractivity contribution in [2.45, 2.75) is 12.5 Å². The molecule has 0 spiro atoms. The fourth-order valence-electron chi connectivity index (χ4n) is 0.308. The van der Waals surface area contributed by atoms with Gasteiger partial charge >= 0.3 is 0 Å². The molecule has 0 bridgehead atoms. The van der Waals surface area contributed by atoms with Gasteiger partial charge in [-0.1, -0.05) is 0 Å². The summed E-state index contributed by atoms with van der Waals surface area (Å²) < 4.78 is 0. The van der Waals surface area contributed by atoms with Crippen molar-refractivity contribution in [2.75, 3.05) is 0 Å². The molecular formula is C4H4NO. The molecule has 2 nitrogen and oxygen atoms in total. The van der Waals surface area contributed by atoms with Gasteiger partial charge in [0, 0.05) is 0 Å². The molecule has 0 heterocycles. The molecular weight excluding hydrogens is 78.0 g/mol. The van der Waals surface area contributed by atoms with Gasteiger partial charge in [-0.2, -0.15) is 5.26 Å². The van der Waals surface area contributed by atoms with Crippen LogP contribution in [-0.4, -0.2) is 6.10 Å². The van der Waals surface area contributed by atoms with Crippen LogP contribution < -0.4 is 0 Å². The highest BCUT2D eigenvalue weighted by Gasteiger charge is 2.36. The van der Waals surface area contributed by atoms with Crippen LogP contribution in [0, 0.1) is 17.2 Å². The van der Waals surface area contributed by atoms with Gasteiger partial charge in [0.2, 0.25) is 0 Å². The summed E-state index contributed by atoms with van der Waals surface area (Å²) in [7, 11) is 0. The van der Waals surface area contributed by atoms with Gasteiger partial charge in [0.25, 0.3) is 0 Å². The molecule has 31 valence electrons. The smallest absolute Gasteiger partial charge is 0.110 e. The molecule has 0 aromatic carbocycles. The Labute approximate surface area is 36.0 Å². The summed E-state index contributed by atoms with van der Waals surface area (Å²) >= 11 is 0. The lowest BCUT2D eigenvalue weighted by molar-refractivity contribution is 0.168. The zero-order chi connectivity index (χ0) is 4.57. The molecule has 1 aliphatic carbocycles. The highest BCUT2D eigenvalue weighted by Crippen LogP contribution is 2.28. The monoisotopic (exact) mass is 82.0 g/mol. The van der Waals surface area contributed by atoms with Gasteiger partial charge in [0.05, 0.1) is 12.0 Å². The van der Waals surface area contributed by atoms with Crippen LogP contribution in [0.1, 0.15) is 6.42 Å². The number of nitrogens with zero attached hydrogens (tertiary/aromatic N) is 1. The summed E-state index contributed by atoms with van der Waals surface area (Å²) in [6.07, 6.45) is 0.0336. The summed E-state index contributed by atoms with van der Waals surface area (Å²) in [6.45, 7) is 0. The summed E-state index contributed by atoms with van der Waals surface area (Å²) in [5, 5.41) is 17.9. The SMILES string of the molecule is N#CC1CC1[O]. The highest BCUT2D eigenvalue weighted by molar-refractivity contribution is 5.01. The van der Waals surface area contributed by atoms with Gasteiger partial charge in [-0.15, -0.1) is 0 Å². The van der Waals surface area contributed by atoms with Gasteiger partial charge in [-0.25, -0.2) is 5.11 Å². The Morgan fingerprint density at radius 3 is 2.33 bits per heavy atom. The van der Waals surface area contributed by atoms with Gasteiger partial charge in [0.1, 0.15) is 6.10 Å². The Bertz CT molecular complexity index is 94.2. The first-order valence-corrected chi connectivity index (χ1v) is 1.90. The molecule has 0 aliphatic heterocycles. The zero-order valence-corrected chi connectivity index (χ0v) is 3.22. The molecule has 0 N–H and O–H groups in total. The first kappa shape index (κ1) is 3.63. The van der Waals surface area contributed by atoms with E-state index in [-0.39, 0.29) is 5.92 Å². The first-order chi connectivity index (χ1) is 2.84. The summed E-state index contributed by atoms with van der Waals surface area (Å²) in [4.78, 5) is 0. The Morgan fingerprint density at radius 1 is 1.83 bits per heavy atom. The largest absolute Gasteiger partial charge is 0.232 e. The van der Waals surface area contributed by atoms with Crippen LogP contribution in [0.4, 0.5) is 0 Å². The van der Waals surface area contributed by atoms with E-state index in [1.54, 1.807) is 0 Å². The highest BCUT2D eigenvalue weighted by atomic mass is 16.3. The molecule has 6 heavy (non-hydrogen) atoms. The Balaban J connectivity index is 2.31. The van der Waals surface area contributed by atoms with Crippen LogP contribution in [-0.2, 0) is 5.11 Å². The lowest BCUT2D eigenvalue weighted by Crippen LogP contribution is -1.74. The second-order valence-corrected chi connectivity index (χ2v) is 1.51. The molecule has 1 aliphatic rings. The van der Waals surface area contributed by atoms with Crippen LogP contribution in [0.3, 0.4) is 0 Å². The molecule has 0 amide bonds. The Morgan fingerprint density at radius 2 is 2.33 bits per heavy atom. The summed E-state index contributed by atoms with van der Waals surface area (Å²) in [5.74, 6) is -0.148. The molecule has 1 saturated carbocycles. The molecule has 2 heteroatoms. The van der Waals surface area contributed by atoms with E-state index in [0.29, 0.717) is 6.42 Å². The average molecular weight is 82.1 g/mol. The third kappa shape index (κ3) is 0.373. The maximum absolute atomic E-state index is 9.98. The van der Waals surface area contributed by atoms with Crippen molar-refractivity contribution >= 4 is 0 Å². The van der Waals surface area contributed by atoms with Crippen molar-refractivity contribution in [3.05, 3.63) is 0 Å². The molecule has 2 atom stereocenters. The minimum atomic E-state index is -0.546. The first-order valence-electron chi connectivity index (χ1n) is 1.90. The van der Waals surface area contributed by atoms with E-state index in [2.05, 4.69) is 0 Å². The number of rotatable bonds is 0. The standard InChI is InChI=1S/C4H4NO/c5-2-3-1-4(3)6/h3-4H,1H2. The van der Waals surface area contributed by atoms with Gasteiger partial charge < -0.3 is 0 Å². The number of hydrogen-bond acceptors (Lipinski definition) is 1. The lowest BCUT2D eigenvalue weighted by atomic mass is 10.5. The maximum atomic E-state index is 9.98. The topological polar surface area (TPSA) is 43.7 Å². The van der Waals surface area contributed by atoms with Crippen molar-refractivity contribution in [2.24, 2.45) is 5.92 Å². The van der Waals surface area contributed by atoms with Crippen LogP contribution in [0.15, 0.2) is 0 Å². The lowest BCUT2D eigenvalue weighted by Gasteiger charge is -1.61. The summed E-state index contributed by atoms with van der Waals surface area (Å²) in [5.41, 5.74) is 0. The van der Waals surface area contributed by atoms with E-state index in [0.717, 1.165) is 0 Å². The van der Waals surface area contributed by atoms with E-state index >= 15 is 0 Å². The minimum Gasteiger partial charge on any atom is -0.232 e. The summed E-state index contributed by atoms with van der Waals surface area (Å²) in [6, 6.07) is 1.88. The number of hydrogen-bond donors (Lipinski definition) is 0. The molecule has 1 fully saturated rings. The van der Waals surface area contributed by atoms with E-state index < -0.39 is 6.10 Å². The fourth-order valence-corrected chi connectivity index (χ4v) is 0.308. The maximum Gasteiger partial charge on any atom is 0.110 e. The molecule has 2 unspecified atom stereocenters. The van der Waals surface area contributed by atoms with E-state index in [9.17, 15) is 5.11 Å². The van der Waals surface area contributed by atoms with Gasteiger partial charge in [-0.3, -0.25) is 0 Å². The molecule has 1 radical (unpaired) electrons.